The lowest BCUT2D eigenvalue weighted by Gasteiger charge is -2.14. The molecule has 0 radical (unpaired) electrons. The number of nitrogens with two attached hydrogens (primary N) is 1. The maximum absolute atomic E-state index is 11.7. The summed E-state index contributed by atoms with van der Waals surface area (Å²) in [7, 11) is 0. The van der Waals surface area contributed by atoms with Crippen molar-refractivity contribution < 1.29 is 14.5 Å². The molecule has 0 fully saturated rings. The number of non-ortho nitro benzene ring substituents is 1. The number of nitro benzene ring substituents is 1. The van der Waals surface area contributed by atoms with Crippen molar-refractivity contribution in [1.82, 2.24) is 5.32 Å². The second kappa shape index (κ2) is 8.08. The maximum atomic E-state index is 11.7. The molecule has 8 nitrogen and oxygen atoms in total. The van der Waals surface area contributed by atoms with Crippen LogP contribution < -0.4 is 16.4 Å². The van der Waals surface area contributed by atoms with Gasteiger partial charge in [0.15, 0.2) is 0 Å². The molecule has 1 atom stereocenters. The van der Waals surface area contributed by atoms with Gasteiger partial charge in [0.1, 0.15) is 0 Å². The molecule has 0 unspecified atom stereocenters. The van der Waals surface area contributed by atoms with Crippen LogP contribution in [0.3, 0.4) is 0 Å². The van der Waals surface area contributed by atoms with E-state index in [2.05, 4.69) is 10.6 Å². The van der Waals surface area contributed by atoms with Crippen LogP contribution in [0.1, 0.15) is 20.3 Å². The number of amides is 2. The van der Waals surface area contributed by atoms with Gasteiger partial charge in [-0.25, -0.2) is 0 Å². The third kappa shape index (κ3) is 5.88. The van der Waals surface area contributed by atoms with Gasteiger partial charge in [0.25, 0.3) is 5.69 Å². The number of carbonyl (C=O) groups is 2. The van der Waals surface area contributed by atoms with E-state index in [0.717, 1.165) is 0 Å². The van der Waals surface area contributed by atoms with E-state index in [1.165, 1.54) is 24.3 Å². The molecular formula is C14H20N4O4. The molecule has 0 spiro atoms. The van der Waals surface area contributed by atoms with E-state index >= 15 is 0 Å². The van der Waals surface area contributed by atoms with Crippen LogP contribution in [0.2, 0.25) is 0 Å². The van der Waals surface area contributed by atoms with E-state index in [-0.39, 0.29) is 24.1 Å². The van der Waals surface area contributed by atoms with E-state index in [4.69, 9.17) is 5.73 Å². The first-order valence-electron chi connectivity index (χ1n) is 6.87. The van der Waals surface area contributed by atoms with Crippen molar-refractivity contribution >= 4 is 23.2 Å². The number of carbonyl (C=O) groups excluding carboxylic acids is 2. The zero-order valence-corrected chi connectivity index (χ0v) is 12.5. The Kier molecular flexibility index (Phi) is 6.46. The minimum atomic E-state index is -0.646. The normalized spacial score (nSPS) is 11.8. The van der Waals surface area contributed by atoms with Gasteiger partial charge in [-0.05, 0) is 24.5 Å². The van der Waals surface area contributed by atoms with E-state index in [0.29, 0.717) is 12.1 Å². The summed E-state index contributed by atoms with van der Waals surface area (Å²) < 4.78 is 0. The number of nitro groups is 1. The Labute approximate surface area is 128 Å². The highest BCUT2D eigenvalue weighted by molar-refractivity contribution is 5.95. The lowest BCUT2D eigenvalue weighted by molar-refractivity contribution is -0.384. The van der Waals surface area contributed by atoms with Crippen molar-refractivity contribution in [2.24, 2.45) is 11.7 Å². The van der Waals surface area contributed by atoms with Gasteiger partial charge < -0.3 is 16.4 Å². The predicted molar refractivity (Wildman–Crippen MR) is 82.2 cm³/mol. The zero-order chi connectivity index (χ0) is 16.7. The highest BCUT2D eigenvalue weighted by Gasteiger charge is 2.15. The maximum Gasteiger partial charge on any atom is 0.269 e. The van der Waals surface area contributed by atoms with Crippen molar-refractivity contribution in [1.29, 1.82) is 0 Å². The third-order valence-electron chi connectivity index (χ3n) is 2.85. The number of hydrogen-bond acceptors (Lipinski definition) is 5. The fourth-order valence-electron chi connectivity index (χ4n) is 1.79. The standard InChI is InChI=1S/C14H20N4O4/c1-9(2)7-12(15)14(20)16-8-13(19)17-10-3-5-11(6-4-10)18(21)22/h3-6,9,12H,7-8,15H2,1-2H3,(H,16,20)(H,17,19)/t12-/m0/s1. The summed E-state index contributed by atoms with van der Waals surface area (Å²) in [4.78, 5) is 33.3. The van der Waals surface area contributed by atoms with Gasteiger partial charge in [-0.3, -0.25) is 19.7 Å². The molecule has 8 heteroatoms. The second-order valence-electron chi connectivity index (χ2n) is 5.31. The van der Waals surface area contributed by atoms with Crippen LogP contribution in [0.15, 0.2) is 24.3 Å². The molecule has 1 aromatic carbocycles. The number of nitrogens with zero attached hydrogens (tertiary/aromatic N) is 1. The average Bonchev–Trinajstić information content (AvgIpc) is 2.44. The van der Waals surface area contributed by atoms with Gasteiger partial charge in [-0.1, -0.05) is 13.8 Å². The Hall–Kier alpha value is -2.48. The van der Waals surface area contributed by atoms with E-state index in [1.54, 1.807) is 0 Å². The molecule has 0 heterocycles. The summed E-state index contributed by atoms with van der Waals surface area (Å²) in [6.45, 7) is 3.70. The van der Waals surface area contributed by atoms with Crippen LogP contribution in [-0.4, -0.2) is 29.3 Å². The number of anilines is 1. The summed E-state index contributed by atoms with van der Waals surface area (Å²) in [6, 6.07) is 4.76. The SMILES string of the molecule is CC(C)C[C@H](N)C(=O)NCC(=O)Nc1ccc([N+](=O)[O-])cc1. The van der Waals surface area contributed by atoms with E-state index in [9.17, 15) is 19.7 Å². The van der Waals surface area contributed by atoms with Crippen LogP contribution in [0.4, 0.5) is 11.4 Å². The molecule has 1 rings (SSSR count). The van der Waals surface area contributed by atoms with Gasteiger partial charge in [-0.2, -0.15) is 0 Å². The first kappa shape index (κ1) is 17.6. The van der Waals surface area contributed by atoms with Crippen molar-refractivity contribution in [3.05, 3.63) is 34.4 Å². The molecule has 0 saturated heterocycles. The molecule has 4 N–H and O–H groups in total. The highest BCUT2D eigenvalue weighted by atomic mass is 16.6. The number of benzene rings is 1. The fraction of sp³-hybridized carbons (Fsp3) is 0.429. The third-order valence-corrected chi connectivity index (χ3v) is 2.85. The number of nitrogens with one attached hydrogen (secondary N) is 2. The molecule has 0 aliphatic rings. The molecule has 0 aliphatic carbocycles. The monoisotopic (exact) mass is 308 g/mol. The Morgan fingerprint density at radius 2 is 1.86 bits per heavy atom. The van der Waals surface area contributed by atoms with Crippen molar-refractivity contribution in [2.45, 2.75) is 26.3 Å². The van der Waals surface area contributed by atoms with Gasteiger partial charge in [0.05, 0.1) is 17.5 Å². The predicted octanol–water partition coefficient (Wildman–Crippen LogP) is 1.02. The van der Waals surface area contributed by atoms with Crippen molar-refractivity contribution in [2.75, 3.05) is 11.9 Å². The summed E-state index contributed by atoms with van der Waals surface area (Å²) in [5.41, 5.74) is 6.04. The summed E-state index contributed by atoms with van der Waals surface area (Å²) >= 11 is 0. The van der Waals surface area contributed by atoms with Crippen LogP contribution in [0, 0.1) is 16.0 Å². The highest BCUT2D eigenvalue weighted by Crippen LogP contribution is 2.15. The number of rotatable bonds is 7. The molecule has 22 heavy (non-hydrogen) atoms. The van der Waals surface area contributed by atoms with Crippen LogP contribution >= 0.6 is 0 Å². The van der Waals surface area contributed by atoms with Crippen LogP contribution in [-0.2, 0) is 9.59 Å². The Morgan fingerprint density at radius 1 is 1.27 bits per heavy atom. The molecule has 0 aromatic heterocycles. The van der Waals surface area contributed by atoms with E-state index in [1.807, 2.05) is 13.8 Å². The minimum Gasteiger partial charge on any atom is -0.346 e. The molecule has 0 aliphatic heterocycles. The van der Waals surface area contributed by atoms with Crippen LogP contribution in [0.25, 0.3) is 0 Å². The molecule has 0 saturated carbocycles. The molecule has 2 amide bonds. The molecule has 1 aromatic rings. The van der Waals surface area contributed by atoms with Gasteiger partial charge >= 0.3 is 0 Å². The second-order valence-corrected chi connectivity index (χ2v) is 5.31. The van der Waals surface area contributed by atoms with Crippen LogP contribution in [0.5, 0.6) is 0 Å². The fourth-order valence-corrected chi connectivity index (χ4v) is 1.79. The first-order valence-corrected chi connectivity index (χ1v) is 6.87. The zero-order valence-electron chi connectivity index (χ0n) is 12.5. The summed E-state index contributed by atoms with van der Waals surface area (Å²) in [5, 5.41) is 15.5. The Morgan fingerprint density at radius 3 is 2.36 bits per heavy atom. The molecular weight excluding hydrogens is 288 g/mol. The average molecular weight is 308 g/mol. The summed E-state index contributed by atoms with van der Waals surface area (Å²) in [6.07, 6.45) is 0.538. The van der Waals surface area contributed by atoms with Crippen molar-refractivity contribution in [3.8, 4) is 0 Å². The number of hydrogen-bond donors (Lipinski definition) is 3. The van der Waals surface area contributed by atoms with E-state index < -0.39 is 16.9 Å². The lowest BCUT2D eigenvalue weighted by Crippen LogP contribution is -2.44. The van der Waals surface area contributed by atoms with Gasteiger partial charge in [0, 0.05) is 17.8 Å². The topological polar surface area (TPSA) is 127 Å². The molecule has 0 bridgehead atoms. The Balaban J connectivity index is 2.43. The van der Waals surface area contributed by atoms with Crippen molar-refractivity contribution in [3.63, 3.8) is 0 Å². The summed E-state index contributed by atoms with van der Waals surface area (Å²) in [5.74, 6) is -0.527. The van der Waals surface area contributed by atoms with Gasteiger partial charge in [0.2, 0.25) is 11.8 Å². The first-order chi connectivity index (χ1) is 10.3. The molecule has 120 valence electrons. The lowest BCUT2D eigenvalue weighted by atomic mass is 10.0. The Bertz CT molecular complexity index is 542. The largest absolute Gasteiger partial charge is 0.346 e. The quantitative estimate of drug-likeness (QED) is 0.512. The minimum absolute atomic E-state index is 0.0639. The smallest absolute Gasteiger partial charge is 0.269 e. The van der Waals surface area contributed by atoms with Gasteiger partial charge in [-0.15, -0.1) is 0 Å².